The van der Waals surface area contributed by atoms with E-state index < -0.39 is 0 Å². The molecule has 1 amide bonds. The van der Waals surface area contributed by atoms with Crippen molar-refractivity contribution in [3.05, 3.63) is 40.7 Å². The smallest absolute Gasteiger partial charge is 0.265 e. The molecule has 1 N–H and O–H groups in total. The molecule has 1 atom stereocenters. The predicted molar refractivity (Wildman–Crippen MR) is 82.6 cm³/mol. The van der Waals surface area contributed by atoms with E-state index in [1.807, 2.05) is 18.3 Å². The third-order valence-electron chi connectivity index (χ3n) is 3.93. The second-order valence-corrected chi connectivity index (χ2v) is 6.13. The Labute approximate surface area is 133 Å². The third kappa shape index (κ3) is 3.31. The van der Waals surface area contributed by atoms with E-state index >= 15 is 0 Å². The number of aromatic nitrogens is 3. The van der Waals surface area contributed by atoms with Gasteiger partial charge in [0.15, 0.2) is 0 Å². The van der Waals surface area contributed by atoms with Crippen LogP contribution in [-0.4, -0.2) is 33.7 Å². The van der Waals surface area contributed by atoms with Gasteiger partial charge in [-0.1, -0.05) is 10.6 Å². The maximum absolute atomic E-state index is 12.5. The zero-order chi connectivity index (χ0) is 15.4. The molecule has 116 valence electrons. The highest BCUT2D eigenvalue weighted by molar-refractivity contribution is 7.08. The summed E-state index contributed by atoms with van der Waals surface area (Å²) < 4.78 is 9.27. The lowest BCUT2D eigenvalue weighted by Gasteiger charge is -2.31. The number of nitrogens with zero attached hydrogens (tertiary/aromatic N) is 3. The van der Waals surface area contributed by atoms with Crippen molar-refractivity contribution in [1.82, 2.24) is 19.9 Å². The molecule has 1 aliphatic heterocycles. The van der Waals surface area contributed by atoms with Gasteiger partial charge in [0, 0.05) is 25.6 Å². The summed E-state index contributed by atoms with van der Waals surface area (Å²) in [5.74, 6) is 0.232. The number of hydrogen-bond donors (Lipinski definition) is 1. The number of pyridine rings is 1. The van der Waals surface area contributed by atoms with E-state index in [1.165, 1.54) is 0 Å². The lowest BCUT2D eigenvalue weighted by Crippen LogP contribution is -2.36. The van der Waals surface area contributed by atoms with Crippen LogP contribution in [0, 0.1) is 12.8 Å². The fourth-order valence-electron chi connectivity index (χ4n) is 2.73. The van der Waals surface area contributed by atoms with Crippen LogP contribution < -0.4 is 5.32 Å². The Bertz CT molecular complexity index is 625. The Kier molecular flexibility index (Phi) is 4.74. The van der Waals surface area contributed by atoms with E-state index in [0.717, 1.165) is 43.2 Å². The van der Waals surface area contributed by atoms with Crippen molar-refractivity contribution in [2.75, 3.05) is 13.2 Å². The topological polar surface area (TPSA) is 77.0 Å². The van der Waals surface area contributed by atoms with Crippen LogP contribution in [0.25, 0.3) is 0 Å². The van der Waals surface area contributed by atoms with E-state index in [9.17, 15) is 4.79 Å². The summed E-state index contributed by atoms with van der Waals surface area (Å²) in [4.78, 5) is 17.3. The van der Waals surface area contributed by atoms with Crippen molar-refractivity contribution >= 4 is 17.4 Å². The molecule has 1 aliphatic rings. The van der Waals surface area contributed by atoms with Crippen LogP contribution >= 0.6 is 11.5 Å². The van der Waals surface area contributed by atoms with Gasteiger partial charge in [-0.3, -0.25) is 9.78 Å². The van der Waals surface area contributed by atoms with Crippen LogP contribution in [0.2, 0.25) is 0 Å². The van der Waals surface area contributed by atoms with Gasteiger partial charge in [0.25, 0.3) is 5.91 Å². The summed E-state index contributed by atoms with van der Waals surface area (Å²) in [5.41, 5.74) is 1.69. The van der Waals surface area contributed by atoms with Gasteiger partial charge < -0.3 is 10.1 Å². The van der Waals surface area contributed by atoms with Crippen LogP contribution in [0.15, 0.2) is 24.5 Å². The fraction of sp³-hybridized carbons (Fsp3) is 0.467. The minimum absolute atomic E-state index is 0.0633. The fourth-order valence-corrected chi connectivity index (χ4v) is 3.29. The second-order valence-electron chi connectivity index (χ2n) is 5.37. The molecule has 3 heterocycles. The first kappa shape index (κ1) is 15.1. The summed E-state index contributed by atoms with van der Waals surface area (Å²) >= 11 is 1.13. The van der Waals surface area contributed by atoms with Gasteiger partial charge in [0.2, 0.25) is 0 Å². The quantitative estimate of drug-likeness (QED) is 0.934. The molecular formula is C15H18N4O2S. The van der Waals surface area contributed by atoms with Crippen molar-refractivity contribution in [2.24, 2.45) is 5.92 Å². The van der Waals surface area contributed by atoms with Gasteiger partial charge in [-0.05, 0) is 48.8 Å². The minimum Gasteiger partial charge on any atom is -0.381 e. The highest BCUT2D eigenvalue weighted by atomic mass is 32.1. The number of nitrogens with one attached hydrogen (secondary N) is 1. The first-order valence-corrected chi connectivity index (χ1v) is 8.10. The molecule has 1 saturated heterocycles. The van der Waals surface area contributed by atoms with Crippen molar-refractivity contribution in [3.8, 4) is 0 Å². The van der Waals surface area contributed by atoms with Crippen LogP contribution in [-0.2, 0) is 4.74 Å². The summed E-state index contributed by atoms with van der Waals surface area (Å²) in [5, 5.41) is 7.05. The van der Waals surface area contributed by atoms with E-state index in [1.54, 1.807) is 13.1 Å². The minimum atomic E-state index is -0.118. The molecule has 0 bridgehead atoms. The molecular weight excluding hydrogens is 300 g/mol. The zero-order valence-electron chi connectivity index (χ0n) is 12.4. The summed E-state index contributed by atoms with van der Waals surface area (Å²) in [6, 6.07) is 3.84. The normalized spacial score (nSPS) is 17.1. The molecule has 1 unspecified atom stereocenters. The molecule has 22 heavy (non-hydrogen) atoms. The van der Waals surface area contributed by atoms with Gasteiger partial charge in [0.05, 0.1) is 11.7 Å². The molecule has 7 heteroatoms. The first-order chi connectivity index (χ1) is 10.8. The SMILES string of the molecule is Cc1nnsc1C(=O)NC(c1cccnc1)C1CCOCC1. The molecule has 2 aromatic heterocycles. The predicted octanol–water partition coefficient (Wildman–Crippen LogP) is 2.14. The van der Waals surface area contributed by atoms with Crippen LogP contribution in [0.4, 0.5) is 0 Å². The van der Waals surface area contributed by atoms with Crippen molar-refractivity contribution in [3.63, 3.8) is 0 Å². The standard InChI is InChI=1S/C15H18N4O2S/c1-10-14(22-19-18-10)15(20)17-13(11-4-7-21-8-5-11)12-3-2-6-16-9-12/h2-3,6,9,11,13H,4-5,7-8H2,1H3,(H,17,20). The highest BCUT2D eigenvalue weighted by Crippen LogP contribution is 2.30. The van der Waals surface area contributed by atoms with Gasteiger partial charge >= 0.3 is 0 Å². The van der Waals surface area contributed by atoms with E-state index in [0.29, 0.717) is 16.5 Å². The monoisotopic (exact) mass is 318 g/mol. The second kappa shape index (κ2) is 6.93. The van der Waals surface area contributed by atoms with Gasteiger partial charge in [-0.15, -0.1) is 5.10 Å². The van der Waals surface area contributed by atoms with Crippen molar-refractivity contribution in [1.29, 1.82) is 0 Å². The number of aryl methyl sites for hydroxylation is 1. The number of carbonyl (C=O) groups excluding carboxylic acids is 1. The maximum atomic E-state index is 12.5. The van der Waals surface area contributed by atoms with Gasteiger partial charge in [-0.25, -0.2) is 0 Å². The molecule has 1 fully saturated rings. The molecule has 2 aromatic rings. The molecule has 0 saturated carbocycles. The van der Waals surface area contributed by atoms with Crippen molar-refractivity contribution in [2.45, 2.75) is 25.8 Å². The largest absolute Gasteiger partial charge is 0.381 e. The van der Waals surface area contributed by atoms with Gasteiger partial charge in [-0.2, -0.15) is 0 Å². The summed E-state index contributed by atoms with van der Waals surface area (Å²) in [7, 11) is 0. The molecule has 0 aromatic carbocycles. The van der Waals surface area contributed by atoms with Crippen LogP contribution in [0.1, 0.15) is 39.8 Å². The lowest BCUT2D eigenvalue weighted by molar-refractivity contribution is 0.0514. The molecule has 3 rings (SSSR count). The Morgan fingerprint density at radius 1 is 1.45 bits per heavy atom. The zero-order valence-corrected chi connectivity index (χ0v) is 13.2. The van der Waals surface area contributed by atoms with Gasteiger partial charge in [0.1, 0.15) is 4.88 Å². The Balaban J connectivity index is 1.82. The first-order valence-electron chi connectivity index (χ1n) is 7.33. The van der Waals surface area contributed by atoms with Crippen molar-refractivity contribution < 1.29 is 9.53 Å². The van der Waals surface area contributed by atoms with Crippen LogP contribution in [0.5, 0.6) is 0 Å². The average molecular weight is 318 g/mol. The van der Waals surface area contributed by atoms with E-state index in [4.69, 9.17) is 4.74 Å². The summed E-state index contributed by atoms with van der Waals surface area (Å²) in [6.07, 6.45) is 5.42. The highest BCUT2D eigenvalue weighted by Gasteiger charge is 2.28. The van der Waals surface area contributed by atoms with E-state index in [2.05, 4.69) is 19.9 Å². The Hall–Kier alpha value is -1.86. The number of rotatable bonds is 4. The number of ether oxygens (including phenoxy) is 1. The molecule has 0 radical (unpaired) electrons. The van der Waals surface area contributed by atoms with E-state index in [-0.39, 0.29) is 11.9 Å². The third-order valence-corrected chi connectivity index (χ3v) is 4.75. The molecule has 6 nitrogen and oxygen atoms in total. The Morgan fingerprint density at radius 3 is 2.91 bits per heavy atom. The molecule has 0 aliphatic carbocycles. The molecule has 0 spiro atoms. The number of carbonyl (C=O) groups is 1. The number of amides is 1. The lowest BCUT2D eigenvalue weighted by atomic mass is 9.87. The Morgan fingerprint density at radius 2 is 2.27 bits per heavy atom. The number of hydrogen-bond acceptors (Lipinski definition) is 6. The maximum Gasteiger partial charge on any atom is 0.265 e. The average Bonchev–Trinajstić information content (AvgIpc) is 3.00. The summed E-state index contributed by atoms with van der Waals surface area (Å²) in [6.45, 7) is 3.27. The van der Waals surface area contributed by atoms with Crippen LogP contribution in [0.3, 0.4) is 0 Å².